The fourth-order valence-electron chi connectivity index (χ4n) is 0.827. The number of furan rings is 1. The van der Waals surface area contributed by atoms with Crippen molar-refractivity contribution in [2.75, 3.05) is 0 Å². The average molecular weight is 173 g/mol. The molecule has 0 bridgehead atoms. The van der Waals surface area contributed by atoms with Gasteiger partial charge in [0.15, 0.2) is 5.22 Å². The van der Waals surface area contributed by atoms with E-state index < -0.39 is 0 Å². The van der Waals surface area contributed by atoms with Gasteiger partial charge in [-0.1, -0.05) is 6.92 Å². The predicted molar refractivity (Wildman–Crippen MR) is 42.7 cm³/mol. The van der Waals surface area contributed by atoms with E-state index in [1.165, 1.54) is 0 Å². The minimum atomic E-state index is -0.00258. The van der Waals surface area contributed by atoms with Gasteiger partial charge in [0, 0.05) is 12.3 Å². The summed E-state index contributed by atoms with van der Waals surface area (Å²) in [6, 6.07) is 3.46. The largest absolute Gasteiger partial charge is 0.450 e. The lowest BCUT2D eigenvalue weighted by Gasteiger charge is -1.97. The van der Waals surface area contributed by atoms with Crippen LogP contribution in [0.2, 0.25) is 5.22 Å². The molecule has 0 N–H and O–H groups in total. The van der Waals surface area contributed by atoms with Gasteiger partial charge in [0.25, 0.3) is 0 Å². The lowest BCUT2D eigenvalue weighted by atomic mass is 10.1. The van der Waals surface area contributed by atoms with Crippen LogP contribution in [-0.4, -0.2) is 6.29 Å². The zero-order valence-electron chi connectivity index (χ0n) is 6.21. The molecule has 2 nitrogen and oxygen atoms in total. The van der Waals surface area contributed by atoms with Gasteiger partial charge in [-0.3, -0.25) is 0 Å². The summed E-state index contributed by atoms with van der Waals surface area (Å²) in [6.45, 7) is 1.84. The van der Waals surface area contributed by atoms with Gasteiger partial charge < -0.3 is 9.21 Å². The summed E-state index contributed by atoms with van der Waals surface area (Å²) in [7, 11) is 0. The van der Waals surface area contributed by atoms with Crippen LogP contribution < -0.4 is 0 Å². The molecule has 0 saturated carbocycles. The molecule has 1 unspecified atom stereocenters. The number of halogens is 1. The van der Waals surface area contributed by atoms with E-state index in [4.69, 9.17) is 16.0 Å². The molecule has 0 spiro atoms. The molecule has 0 aliphatic carbocycles. The van der Waals surface area contributed by atoms with Gasteiger partial charge in [-0.2, -0.15) is 0 Å². The van der Waals surface area contributed by atoms with Gasteiger partial charge in [0.2, 0.25) is 0 Å². The van der Waals surface area contributed by atoms with E-state index in [1.807, 2.05) is 6.92 Å². The van der Waals surface area contributed by atoms with E-state index in [2.05, 4.69) is 0 Å². The van der Waals surface area contributed by atoms with Crippen LogP contribution in [0.15, 0.2) is 16.5 Å². The maximum atomic E-state index is 10.2. The fraction of sp³-hybridized carbons (Fsp3) is 0.375. The first-order chi connectivity index (χ1) is 5.22. The van der Waals surface area contributed by atoms with Crippen molar-refractivity contribution in [3.8, 4) is 0 Å². The summed E-state index contributed by atoms with van der Waals surface area (Å²) in [6.07, 6.45) is 1.52. The fourth-order valence-corrected chi connectivity index (χ4v) is 0.989. The van der Waals surface area contributed by atoms with Crippen molar-refractivity contribution in [2.45, 2.75) is 13.3 Å². The van der Waals surface area contributed by atoms with Crippen LogP contribution in [0, 0.1) is 5.92 Å². The van der Waals surface area contributed by atoms with Crippen molar-refractivity contribution < 1.29 is 9.21 Å². The predicted octanol–water partition coefficient (Wildman–Crippen LogP) is 2.31. The van der Waals surface area contributed by atoms with Crippen LogP contribution >= 0.6 is 11.6 Å². The van der Waals surface area contributed by atoms with E-state index in [9.17, 15) is 4.79 Å². The van der Waals surface area contributed by atoms with Gasteiger partial charge in [-0.05, 0) is 23.7 Å². The number of hydrogen-bond acceptors (Lipinski definition) is 2. The Morgan fingerprint density at radius 1 is 1.73 bits per heavy atom. The lowest BCUT2D eigenvalue weighted by molar-refractivity contribution is -0.110. The molecule has 1 aromatic heterocycles. The summed E-state index contributed by atoms with van der Waals surface area (Å²) in [5, 5.41) is 0.373. The zero-order valence-corrected chi connectivity index (χ0v) is 6.97. The molecule has 3 heteroatoms. The number of aldehydes is 1. The third kappa shape index (κ3) is 2.39. The van der Waals surface area contributed by atoms with Crippen molar-refractivity contribution in [2.24, 2.45) is 5.92 Å². The van der Waals surface area contributed by atoms with Crippen LogP contribution in [0.3, 0.4) is 0 Å². The quantitative estimate of drug-likeness (QED) is 0.655. The number of carbonyl (C=O) groups is 1. The third-order valence-corrected chi connectivity index (χ3v) is 1.59. The smallest absolute Gasteiger partial charge is 0.193 e. The molecule has 1 atom stereocenters. The highest BCUT2D eigenvalue weighted by Gasteiger charge is 2.04. The Balaban J connectivity index is 2.57. The van der Waals surface area contributed by atoms with Crippen molar-refractivity contribution in [3.05, 3.63) is 23.1 Å². The zero-order chi connectivity index (χ0) is 8.27. The van der Waals surface area contributed by atoms with Gasteiger partial charge >= 0.3 is 0 Å². The Kier molecular flexibility index (Phi) is 2.71. The van der Waals surface area contributed by atoms with Crippen LogP contribution in [0.4, 0.5) is 0 Å². The maximum absolute atomic E-state index is 10.2. The molecule has 0 aliphatic heterocycles. The topological polar surface area (TPSA) is 30.2 Å². The molecule has 1 aromatic rings. The first-order valence-electron chi connectivity index (χ1n) is 3.42. The van der Waals surface area contributed by atoms with Crippen LogP contribution in [0.1, 0.15) is 12.7 Å². The maximum Gasteiger partial charge on any atom is 0.193 e. The molecule has 0 fully saturated rings. The molecule has 60 valence electrons. The lowest BCUT2D eigenvalue weighted by Crippen LogP contribution is -1.98. The van der Waals surface area contributed by atoms with E-state index in [0.29, 0.717) is 11.6 Å². The van der Waals surface area contributed by atoms with E-state index in [1.54, 1.807) is 12.1 Å². The van der Waals surface area contributed by atoms with Crippen molar-refractivity contribution in [3.63, 3.8) is 0 Å². The Labute approximate surface area is 70.2 Å². The number of rotatable bonds is 3. The summed E-state index contributed by atoms with van der Waals surface area (Å²) in [5.41, 5.74) is 0. The number of carbonyl (C=O) groups excluding carboxylic acids is 1. The van der Waals surface area contributed by atoms with Crippen molar-refractivity contribution in [1.82, 2.24) is 0 Å². The highest BCUT2D eigenvalue weighted by Crippen LogP contribution is 2.15. The Morgan fingerprint density at radius 3 is 2.91 bits per heavy atom. The van der Waals surface area contributed by atoms with Gasteiger partial charge in [-0.15, -0.1) is 0 Å². The molecule has 1 heterocycles. The second kappa shape index (κ2) is 3.58. The van der Waals surface area contributed by atoms with Gasteiger partial charge in [-0.25, -0.2) is 0 Å². The molecule has 0 radical (unpaired) electrons. The highest BCUT2D eigenvalue weighted by molar-refractivity contribution is 6.28. The summed E-state index contributed by atoms with van der Waals surface area (Å²) in [4.78, 5) is 10.2. The normalized spacial score (nSPS) is 12.9. The molecule has 11 heavy (non-hydrogen) atoms. The summed E-state index contributed by atoms with van der Waals surface area (Å²) >= 11 is 5.53. The summed E-state index contributed by atoms with van der Waals surface area (Å²) in [5.74, 6) is 0.756. The Morgan fingerprint density at radius 2 is 2.45 bits per heavy atom. The molecule has 1 rings (SSSR count). The first-order valence-corrected chi connectivity index (χ1v) is 3.79. The Hall–Kier alpha value is -0.760. The average Bonchev–Trinajstić information content (AvgIpc) is 2.35. The standard InChI is InChI=1S/C8H9ClO2/c1-6(5-10)4-7-2-3-8(9)11-7/h2-3,5-6H,4H2,1H3. The number of hydrogen-bond donors (Lipinski definition) is 0. The molecular formula is C8H9ClO2. The Bertz CT molecular complexity index is 242. The highest BCUT2D eigenvalue weighted by atomic mass is 35.5. The van der Waals surface area contributed by atoms with E-state index in [-0.39, 0.29) is 5.92 Å². The monoisotopic (exact) mass is 172 g/mol. The van der Waals surface area contributed by atoms with Crippen molar-refractivity contribution in [1.29, 1.82) is 0 Å². The van der Waals surface area contributed by atoms with Crippen LogP contribution in [0.25, 0.3) is 0 Å². The second-order valence-electron chi connectivity index (χ2n) is 2.52. The van der Waals surface area contributed by atoms with Gasteiger partial charge in [0.1, 0.15) is 12.0 Å². The molecule has 0 aliphatic rings. The van der Waals surface area contributed by atoms with E-state index in [0.717, 1.165) is 12.0 Å². The third-order valence-electron chi connectivity index (χ3n) is 1.38. The molecule has 0 amide bonds. The van der Waals surface area contributed by atoms with E-state index >= 15 is 0 Å². The molecular weight excluding hydrogens is 164 g/mol. The molecule has 0 saturated heterocycles. The van der Waals surface area contributed by atoms with Crippen molar-refractivity contribution >= 4 is 17.9 Å². The minimum absolute atomic E-state index is 0.00258. The first kappa shape index (κ1) is 8.34. The SMILES string of the molecule is CC(C=O)Cc1ccc(Cl)o1. The van der Waals surface area contributed by atoms with Gasteiger partial charge in [0.05, 0.1) is 0 Å². The molecule has 0 aromatic carbocycles. The minimum Gasteiger partial charge on any atom is -0.450 e. The summed E-state index contributed by atoms with van der Waals surface area (Å²) < 4.78 is 5.06. The van der Waals surface area contributed by atoms with Crippen LogP contribution in [0.5, 0.6) is 0 Å². The van der Waals surface area contributed by atoms with Crippen LogP contribution in [-0.2, 0) is 11.2 Å². The second-order valence-corrected chi connectivity index (χ2v) is 2.90.